The molecule has 1 fully saturated rings. The lowest BCUT2D eigenvalue weighted by atomic mass is 10.1. The van der Waals surface area contributed by atoms with Crippen molar-refractivity contribution in [2.75, 3.05) is 23.1 Å². The van der Waals surface area contributed by atoms with Crippen molar-refractivity contribution in [2.24, 2.45) is 5.73 Å². The van der Waals surface area contributed by atoms with E-state index in [1.807, 2.05) is 30.4 Å². The van der Waals surface area contributed by atoms with E-state index >= 15 is 0 Å². The zero-order chi connectivity index (χ0) is 23.6. The number of nitrogen functional groups attached to an aromatic ring is 1. The average Bonchev–Trinajstić information content (AvgIpc) is 3.16. The van der Waals surface area contributed by atoms with Crippen LogP contribution in [-0.2, 0) is 16.4 Å². The van der Waals surface area contributed by atoms with Crippen LogP contribution in [-0.4, -0.2) is 45.2 Å². The van der Waals surface area contributed by atoms with Gasteiger partial charge in [-0.1, -0.05) is 42.0 Å². The van der Waals surface area contributed by atoms with Crippen molar-refractivity contribution in [2.45, 2.75) is 38.3 Å². The highest BCUT2D eigenvalue weighted by Gasteiger charge is 2.36. The molecule has 33 heavy (non-hydrogen) atoms. The Morgan fingerprint density at radius 1 is 1.30 bits per heavy atom. The summed E-state index contributed by atoms with van der Waals surface area (Å²) in [6.07, 6.45) is 6.20. The largest absolute Gasteiger partial charge is 0.489 e. The van der Waals surface area contributed by atoms with Gasteiger partial charge in [-0.25, -0.2) is 8.42 Å². The van der Waals surface area contributed by atoms with Gasteiger partial charge in [0, 0.05) is 5.56 Å². The zero-order valence-electron chi connectivity index (χ0n) is 18.6. The standard InChI is InChI=1S/C24H29ClN4O3S/c1-2-33(30,31)29-19(7-6-16-4-3-5-17(12-16)24(26)27)13-18-14-23(21(25)15-22(18)29)32-20-8-10-28-11-9-20/h3-7,12,14-15,19-20,28H,2,8-11,13H2,1H3,(H3,26,27)/b7-6+. The summed E-state index contributed by atoms with van der Waals surface area (Å²) < 4.78 is 33.7. The Bertz CT molecular complexity index is 1180. The first-order chi connectivity index (χ1) is 15.8. The van der Waals surface area contributed by atoms with Gasteiger partial charge in [-0.15, -0.1) is 0 Å². The third-order valence-corrected chi connectivity index (χ3v) is 8.15. The molecule has 2 aliphatic heterocycles. The summed E-state index contributed by atoms with van der Waals surface area (Å²) in [4.78, 5) is 0. The van der Waals surface area contributed by atoms with E-state index in [4.69, 9.17) is 27.5 Å². The number of hydrogen-bond donors (Lipinski definition) is 3. The van der Waals surface area contributed by atoms with E-state index < -0.39 is 10.0 Å². The fraction of sp³-hybridized carbons (Fsp3) is 0.375. The predicted molar refractivity (Wildman–Crippen MR) is 134 cm³/mol. The monoisotopic (exact) mass is 488 g/mol. The van der Waals surface area contributed by atoms with E-state index in [9.17, 15) is 8.42 Å². The fourth-order valence-corrected chi connectivity index (χ4v) is 5.80. The van der Waals surface area contributed by atoms with E-state index in [2.05, 4.69) is 5.32 Å². The maximum absolute atomic E-state index is 13.0. The molecule has 2 aromatic rings. The van der Waals surface area contributed by atoms with Crippen molar-refractivity contribution < 1.29 is 13.2 Å². The second-order valence-corrected chi connectivity index (χ2v) is 10.9. The Labute approximate surface area is 200 Å². The first-order valence-electron chi connectivity index (χ1n) is 11.1. The number of sulfonamides is 1. The van der Waals surface area contributed by atoms with E-state index in [1.165, 1.54) is 4.31 Å². The van der Waals surface area contributed by atoms with Crippen LogP contribution in [0.1, 0.15) is 36.5 Å². The Balaban J connectivity index is 1.64. The van der Waals surface area contributed by atoms with Crippen LogP contribution < -0.4 is 20.1 Å². The van der Waals surface area contributed by atoms with Crippen molar-refractivity contribution in [1.82, 2.24) is 5.32 Å². The van der Waals surface area contributed by atoms with Crippen molar-refractivity contribution in [1.29, 1.82) is 5.41 Å². The van der Waals surface area contributed by atoms with Gasteiger partial charge in [0.25, 0.3) is 0 Å². The van der Waals surface area contributed by atoms with Crippen molar-refractivity contribution in [3.63, 3.8) is 0 Å². The van der Waals surface area contributed by atoms with Crippen molar-refractivity contribution >= 4 is 39.2 Å². The number of amidine groups is 1. The van der Waals surface area contributed by atoms with Crippen LogP contribution in [0.25, 0.3) is 6.08 Å². The predicted octanol–water partition coefficient (Wildman–Crippen LogP) is 3.55. The second-order valence-electron chi connectivity index (χ2n) is 8.34. The van der Waals surface area contributed by atoms with E-state index in [-0.39, 0.29) is 23.7 Å². The Hall–Kier alpha value is -2.55. The Morgan fingerprint density at radius 2 is 2.06 bits per heavy atom. The molecular weight excluding hydrogens is 460 g/mol. The zero-order valence-corrected chi connectivity index (χ0v) is 20.1. The molecule has 2 heterocycles. The number of nitrogens with two attached hydrogens (primary N) is 1. The molecule has 176 valence electrons. The number of hydrogen-bond acceptors (Lipinski definition) is 5. The number of anilines is 1. The number of rotatable bonds is 7. The topological polar surface area (TPSA) is 109 Å². The molecular formula is C24H29ClN4O3S. The summed E-state index contributed by atoms with van der Waals surface area (Å²) in [7, 11) is -3.52. The Morgan fingerprint density at radius 3 is 2.76 bits per heavy atom. The number of piperidine rings is 1. The summed E-state index contributed by atoms with van der Waals surface area (Å²) in [5.74, 6) is 0.584. The molecule has 2 aromatic carbocycles. The first-order valence-corrected chi connectivity index (χ1v) is 13.1. The van der Waals surface area contributed by atoms with Gasteiger partial charge in [0.1, 0.15) is 17.7 Å². The van der Waals surface area contributed by atoms with Gasteiger partial charge in [-0.05, 0) is 68.6 Å². The molecule has 0 aliphatic carbocycles. The minimum Gasteiger partial charge on any atom is -0.489 e. The molecule has 0 radical (unpaired) electrons. The van der Waals surface area contributed by atoms with Crippen molar-refractivity contribution in [3.05, 3.63) is 64.2 Å². The molecule has 2 aliphatic rings. The van der Waals surface area contributed by atoms with Gasteiger partial charge in [-0.3, -0.25) is 9.71 Å². The lowest BCUT2D eigenvalue weighted by molar-refractivity contribution is 0.162. The second kappa shape index (κ2) is 9.75. The molecule has 7 nitrogen and oxygen atoms in total. The number of nitrogens with zero attached hydrogens (tertiary/aromatic N) is 1. The molecule has 1 saturated heterocycles. The van der Waals surface area contributed by atoms with E-state index in [0.717, 1.165) is 37.1 Å². The maximum atomic E-state index is 13.0. The average molecular weight is 489 g/mol. The maximum Gasteiger partial charge on any atom is 0.235 e. The van der Waals surface area contributed by atoms with Crippen LogP contribution in [0.3, 0.4) is 0 Å². The van der Waals surface area contributed by atoms with Gasteiger partial charge < -0.3 is 15.8 Å². The Kier molecular flexibility index (Phi) is 6.97. The first kappa shape index (κ1) is 23.6. The summed E-state index contributed by atoms with van der Waals surface area (Å²) in [5.41, 5.74) is 8.56. The number of halogens is 1. The summed E-state index contributed by atoms with van der Waals surface area (Å²) >= 11 is 6.54. The highest BCUT2D eigenvalue weighted by Crippen LogP contribution is 2.42. The van der Waals surface area contributed by atoms with Crippen LogP contribution in [0.2, 0.25) is 5.02 Å². The lowest BCUT2D eigenvalue weighted by Crippen LogP contribution is -2.37. The smallest absolute Gasteiger partial charge is 0.235 e. The lowest BCUT2D eigenvalue weighted by Gasteiger charge is -2.26. The fourth-order valence-electron chi connectivity index (χ4n) is 4.30. The highest BCUT2D eigenvalue weighted by atomic mass is 35.5. The van der Waals surface area contributed by atoms with Gasteiger partial charge in [0.2, 0.25) is 10.0 Å². The summed E-state index contributed by atoms with van der Waals surface area (Å²) in [5, 5.41) is 11.4. The molecule has 1 atom stereocenters. The third-order valence-electron chi connectivity index (χ3n) is 6.05. The minimum atomic E-state index is -3.52. The van der Waals surface area contributed by atoms with Gasteiger partial charge in [-0.2, -0.15) is 0 Å². The van der Waals surface area contributed by atoms with Crippen LogP contribution in [0.5, 0.6) is 5.75 Å². The quantitative estimate of drug-likeness (QED) is 0.408. The molecule has 0 saturated carbocycles. The minimum absolute atomic E-state index is 0.00960. The van der Waals surface area contributed by atoms with Crippen LogP contribution in [0.15, 0.2) is 42.5 Å². The molecule has 0 amide bonds. The normalized spacial score (nSPS) is 19.1. The molecule has 9 heteroatoms. The number of benzene rings is 2. The summed E-state index contributed by atoms with van der Waals surface area (Å²) in [6, 6.07) is 10.5. The SMILES string of the molecule is CCS(=O)(=O)N1c2cc(Cl)c(OC3CCNCC3)cc2CC1/C=C/c1cccc(C(=N)N)c1. The van der Waals surface area contributed by atoms with Gasteiger partial charge >= 0.3 is 0 Å². The summed E-state index contributed by atoms with van der Waals surface area (Å²) in [6.45, 7) is 3.46. The molecule has 4 rings (SSSR count). The number of ether oxygens (including phenoxy) is 1. The van der Waals surface area contributed by atoms with Crippen molar-refractivity contribution in [3.8, 4) is 5.75 Å². The highest BCUT2D eigenvalue weighted by molar-refractivity contribution is 7.92. The number of fused-ring (bicyclic) bond motifs is 1. The molecule has 4 N–H and O–H groups in total. The third kappa shape index (κ3) is 5.18. The number of nitrogens with one attached hydrogen (secondary N) is 2. The van der Waals surface area contributed by atoms with Gasteiger partial charge in [0.05, 0.1) is 22.5 Å². The molecule has 0 spiro atoms. The van der Waals surface area contributed by atoms with Gasteiger partial charge in [0.15, 0.2) is 0 Å². The molecule has 0 bridgehead atoms. The van der Waals surface area contributed by atoms with Crippen LogP contribution in [0, 0.1) is 5.41 Å². The van der Waals surface area contributed by atoms with E-state index in [0.29, 0.717) is 28.4 Å². The molecule has 1 unspecified atom stereocenters. The van der Waals surface area contributed by atoms with E-state index in [1.54, 1.807) is 25.1 Å². The van der Waals surface area contributed by atoms with Crippen LogP contribution in [0.4, 0.5) is 5.69 Å². The van der Waals surface area contributed by atoms with Crippen LogP contribution >= 0.6 is 11.6 Å². The molecule has 0 aromatic heterocycles.